The van der Waals surface area contributed by atoms with Crippen LogP contribution in [0.2, 0.25) is 0 Å². The third kappa shape index (κ3) is 2.81. The number of rotatable bonds is 3. The highest BCUT2D eigenvalue weighted by molar-refractivity contribution is 6.14. The van der Waals surface area contributed by atoms with E-state index in [1.54, 1.807) is 0 Å². The lowest BCUT2D eigenvalue weighted by molar-refractivity contribution is -0.129. The van der Waals surface area contributed by atoms with Crippen LogP contribution in [0.25, 0.3) is 0 Å². The van der Waals surface area contributed by atoms with Crippen molar-refractivity contribution in [3.63, 3.8) is 0 Å². The summed E-state index contributed by atoms with van der Waals surface area (Å²) < 4.78 is 1.86. The van der Waals surface area contributed by atoms with Crippen molar-refractivity contribution in [1.29, 1.82) is 0 Å². The van der Waals surface area contributed by atoms with Gasteiger partial charge in [0, 0.05) is 12.3 Å². The maximum absolute atomic E-state index is 12.7. The summed E-state index contributed by atoms with van der Waals surface area (Å²) in [7, 11) is 0. The number of piperidine rings is 1. The topological polar surface area (TPSA) is 20.3 Å². The molecule has 0 bridgehead atoms. The molecule has 0 radical (unpaired) electrons. The lowest BCUT2D eigenvalue weighted by Gasteiger charge is -2.41. The van der Waals surface area contributed by atoms with Gasteiger partial charge in [-0.15, -0.1) is 0 Å². The van der Waals surface area contributed by atoms with Crippen LogP contribution in [0.15, 0.2) is 60.7 Å². The number of hydrogen-bond donors (Lipinski definition) is 0. The zero-order valence-corrected chi connectivity index (χ0v) is 13.4. The van der Waals surface area contributed by atoms with Crippen molar-refractivity contribution in [1.82, 2.24) is 4.42 Å². The number of halogens is 1. The molecule has 0 aliphatic carbocycles. The average molecular weight is 314 g/mol. The van der Waals surface area contributed by atoms with E-state index in [2.05, 4.69) is 19.1 Å². The summed E-state index contributed by atoms with van der Waals surface area (Å²) >= 11 is 6.74. The second kappa shape index (κ2) is 6.64. The quantitative estimate of drug-likeness (QED) is 0.749. The molecule has 0 saturated carbocycles. The minimum absolute atomic E-state index is 0.0418. The molecule has 114 valence electrons. The maximum atomic E-state index is 12.7. The summed E-state index contributed by atoms with van der Waals surface area (Å²) in [4.78, 5) is 12.7. The fourth-order valence-electron chi connectivity index (χ4n) is 3.38. The minimum atomic E-state index is -0.0701. The van der Waals surface area contributed by atoms with Crippen LogP contribution in [-0.4, -0.2) is 10.2 Å². The molecular weight excluding hydrogens is 294 g/mol. The first kappa shape index (κ1) is 15.3. The summed E-state index contributed by atoms with van der Waals surface area (Å²) in [6.07, 6.45) is 1.29. The summed E-state index contributed by atoms with van der Waals surface area (Å²) in [5, 5.41) is 0. The van der Waals surface area contributed by atoms with E-state index in [0.717, 1.165) is 17.5 Å². The van der Waals surface area contributed by atoms with Gasteiger partial charge in [-0.1, -0.05) is 67.6 Å². The van der Waals surface area contributed by atoms with Crippen molar-refractivity contribution in [3.8, 4) is 0 Å². The molecule has 1 fully saturated rings. The first-order valence-corrected chi connectivity index (χ1v) is 8.13. The van der Waals surface area contributed by atoms with Crippen LogP contribution in [0.4, 0.5) is 0 Å². The Morgan fingerprint density at radius 1 is 1.00 bits per heavy atom. The Hall–Kier alpha value is -1.64. The second-order valence-electron chi connectivity index (χ2n) is 5.81. The molecule has 2 aromatic rings. The first-order chi connectivity index (χ1) is 10.7. The Labute approximate surface area is 136 Å². The lowest BCUT2D eigenvalue weighted by atomic mass is 9.79. The molecule has 0 N–H and O–H groups in total. The van der Waals surface area contributed by atoms with E-state index >= 15 is 0 Å². The van der Waals surface area contributed by atoms with Crippen LogP contribution in [0.3, 0.4) is 0 Å². The van der Waals surface area contributed by atoms with E-state index in [4.69, 9.17) is 11.8 Å². The minimum Gasteiger partial charge on any atom is -0.299 e. The van der Waals surface area contributed by atoms with Gasteiger partial charge in [-0.2, -0.15) is 0 Å². The molecule has 1 aliphatic rings. The molecule has 0 spiro atoms. The summed E-state index contributed by atoms with van der Waals surface area (Å²) in [6.45, 7) is 2.06. The molecule has 1 heterocycles. The Kier molecular flexibility index (Phi) is 4.60. The van der Waals surface area contributed by atoms with E-state index < -0.39 is 0 Å². The van der Waals surface area contributed by atoms with Gasteiger partial charge in [-0.3, -0.25) is 4.79 Å². The van der Waals surface area contributed by atoms with E-state index in [-0.39, 0.29) is 18.0 Å². The van der Waals surface area contributed by atoms with Gasteiger partial charge < -0.3 is 0 Å². The number of carbonyl (C=O) groups excluding carboxylic acids is 1. The average Bonchev–Trinajstić information content (AvgIpc) is 2.57. The summed E-state index contributed by atoms with van der Waals surface area (Å²) in [6, 6.07) is 20.0. The standard InChI is InChI=1S/C19H20ClNO/c1-2-16-18(22)13-17(14-9-5-3-6-10-14)21(20)19(16)15-11-7-4-8-12-15/h3-12,16-17,19H,2,13H2,1H3. The lowest BCUT2D eigenvalue weighted by Crippen LogP contribution is -2.40. The van der Waals surface area contributed by atoms with E-state index in [1.165, 1.54) is 0 Å². The van der Waals surface area contributed by atoms with Crippen LogP contribution in [0, 0.1) is 5.92 Å². The number of nitrogens with zero attached hydrogens (tertiary/aromatic N) is 1. The monoisotopic (exact) mass is 313 g/mol. The van der Waals surface area contributed by atoms with Crippen LogP contribution < -0.4 is 0 Å². The van der Waals surface area contributed by atoms with Crippen molar-refractivity contribution >= 4 is 17.6 Å². The molecule has 0 amide bonds. The number of hydrogen-bond acceptors (Lipinski definition) is 2. The largest absolute Gasteiger partial charge is 0.299 e. The van der Waals surface area contributed by atoms with Crippen molar-refractivity contribution in [2.45, 2.75) is 31.8 Å². The van der Waals surface area contributed by atoms with Gasteiger partial charge in [-0.25, -0.2) is 4.42 Å². The summed E-state index contributed by atoms with van der Waals surface area (Å²) in [5.41, 5.74) is 2.21. The van der Waals surface area contributed by atoms with E-state index in [9.17, 15) is 4.79 Å². The second-order valence-corrected chi connectivity index (χ2v) is 6.20. The molecule has 22 heavy (non-hydrogen) atoms. The van der Waals surface area contributed by atoms with Gasteiger partial charge in [0.05, 0.1) is 12.1 Å². The molecule has 2 nitrogen and oxygen atoms in total. The number of ketones is 1. The van der Waals surface area contributed by atoms with Gasteiger partial charge in [-0.05, 0) is 29.3 Å². The molecular formula is C19H20ClNO. The predicted octanol–water partition coefficient (Wildman–Crippen LogP) is 4.92. The fourth-order valence-corrected chi connectivity index (χ4v) is 3.81. The normalized spacial score (nSPS) is 26.1. The zero-order valence-electron chi connectivity index (χ0n) is 12.7. The van der Waals surface area contributed by atoms with E-state index in [1.807, 2.05) is 52.9 Å². The molecule has 3 heteroatoms. The number of Topliss-reactive ketones (excluding diaryl/α,β-unsaturated/α-hetero) is 1. The molecule has 3 atom stereocenters. The van der Waals surface area contributed by atoms with Gasteiger partial charge >= 0.3 is 0 Å². The van der Waals surface area contributed by atoms with Crippen molar-refractivity contribution in [3.05, 3.63) is 71.8 Å². The van der Waals surface area contributed by atoms with Gasteiger partial charge in [0.2, 0.25) is 0 Å². The summed E-state index contributed by atoms with van der Waals surface area (Å²) in [5.74, 6) is 0.266. The molecule has 1 saturated heterocycles. The molecule has 2 aromatic carbocycles. The van der Waals surface area contributed by atoms with Gasteiger partial charge in [0.15, 0.2) is 0 Å². The van der Waals surface area contributed by atoms with Crippen LogP contribution in [-0.2, 0) is 4.79 Å². The number of benzene rings is 2. The Balaban J connectivity index is 1.99. The molecule has 0 aromatic heterocycles. The van der Waals surface area contributed by atoms with Crippen LogP contribution in [0.5, 0.6) is 0 Å². The van der Waals surface area contributed by atoms with Crippen molar-refractivity contribution < 1.29 is 4.79 Å². The molecule has 1 aliphatic heterocycles. The number of carbonyl (C=O) groups is 1. The first-order valence-electron chi connectivity index (χ1n) is 7.79. The van der Waals surface area contributed by atoms with Crippen molar-refractivity contribution in [2.24, 2.45) is 5.92 Å². The Morgan fingerprint density at radius 3 is 2.09 bits per heavy atom. The highest BCUT2D eigenvalue weighted by atomic mass is 35.5. The van der Waals surface area contributed by atoms with Crippen LogP contribution >= 0.6 is 11.8 Å². The maximum Gasteiger partial charge on any atom is 0.139 e. The smallest absolute Gasteiger partial charge is 0.139 e. The van der Waals surface area contributed by atoms with Gasteiger partial charge in [0.25, 0.3) is 0 Å². The third-order valence-corrected chi connectivity index (χ3v) is 4.96. The molecule has 3 rings (SSSR count). The van der Waals surface area contributed by atoms with Crippen LogP contribution in [0.1, 0.15) is 43.0 Å². The van der Waals surface area contributed by atoms with E-state index in [0.29, 0.717) is 12.2 Å². The van der Waals surface area contributed by atoms with Crippen molar-refractivity contribution in [2.75, 3.05) is 0 Å². The Bertz CT molecular complexity index is 628. The highest BCUT2D eigenvalue weighted by Gasteiger charge is 2.42. The SMILES string of the molecule is CCC1C(=O)CC(c2ccccc2)N(Cl)C1c1ccccc1. The zero-order chi connectivity index (χ0) is 15.5. The predicted molar refractivity (Wildman–Crippen MR) is 89.5 cm³/mol. The molecule has 3 unspecified atom stereocenters. The highest BCUT2D eigenvalue weighted by Crippen LogP contribution is 2.45. The fraction of sp³-hybridized carbons (Fsp3) is 0.316. The third-order valence-electron chi connectivity index (χ3n) is 4.52. The van der Waals surface area contributed by atoms with Gasteiger partial charge in [0.1, 0.15) is 5.78 Å². The Morgan fingerprint density at radius 2 is 1.55 bits per heavy atom.